The van der Waals surface area contributed by atoms with Crippen LogP contribution in [-0.4, -0.2) is 39.4 Å². The predicted molar refractivity (Wildman–Crippen MR) is 72.6 cm³/mol. The molecule has 1 aromatic carbocycles. The van der Waals surface area contributed by atoms with Crippen molar-refractivity contribution in [2.45, 2.75) is 17.9 Å². The maximum atomic E-state index is 12.0. The molecule has 0 aromatic heterocycles. The summed E-state index contributed by atoms with van der Waals surface area (Å²) in [5.41, 5.74) is 0. The van der Waals surface area contributed by atoms with Crippen LogP contribution in [0.25, 0.3) is 0 Å². The second-order valence-corrected chi connectivity index (χ2v) is 6.66. The van der Waals surface area contributed by atoms with Gasteiger partial charge in [-0.1, -0.05) is 15.9 Å². The van der Waals surface area contributed by atoms with Gasteiger partial charge in [-0.3, -0.25) is 4.79 Å². The van der Waals surface area contributed by atoms with E-state index in [-0.39, 0.29) is 10.8 Å². The summed E-state index contributed by atoms with van der Waals surface area (Å²) in [6.07, 6.45) is 0. The van der Waals surface area contributed by atoms with Crippen molar-refractivity contribution in [3.8, 4) is 0 Å². The van der Waals surface area contributed by atoms with E-state index >= 15 is 0 Å². The average Bonchev–Trinajstić information content (AvgIpc) is 2.27. The maximum Gasteiger partial charge on any atom is 0.241 e. The molecule has 0 saturated heterocycles. The first kappa shape index (κ1) is 15.1. The van der Waals surface area contributed by atoms with Crippen LogP contribution in [0.3, 0.4) is 0 Å². The van der Waals surface area contributed by atoms with E-state index < -0.39 is 16.1 Å². The third-order valence-electron chi connectivity index (χ3n) is 2.27. The van der Waals surface area contributed by atoms with Crippen molar-refractivity contribution in [3.63, 3.8) is 0 Å². The van der Waals surface area contributed by atoms with Crippen molar-refractivity contribution in [3.05, 3.63) is 28.7 Å². The number of likely N-dealkylation sites (N-methyl/N-ethyl adjacent to an activating group) is 1. The Balaban J connectivity index is 2.89. The molecule has 0 fully saturated rings. The molecule has 0 aliphatic carbocycles. The lowest BCUT2D eigenvalue weighted by Crippen LogP contribution is -2.44. The van der Waals surface area contributed by atoms with Gasteiger partial charge in [0.2, 0.25) is 15.9 Å². The van der Waals surface area contributed by atoms with E-state index in [9.17, 15) is 13.2 Å². The van der Waals surface area contributed by atoms with Gasteiger partial charge >= 0.3 is 0 Å². The lowest BCUT2D eigenvalue weighted by molar-refractivity contribution is -0.130. The van der Waals surface area contributed by atoms with Gasteiger partial charge < -0.3 is 4.90 Å². The number of benzene rings is 1. The minimum Gasteiger partial charge on any atom is -0.347 e. The number of rotatable bonds is 4. The third kappa shape index (κ3) is 3.79. The van der Waals surface area contributed by atoms with E-state index in [0.29, 0.717) is 0 Å². The van der Waals surface area contributed by atoms with Crippen LogP contribution >= 0.6 is 15.9 Å². The second-order valence-electron chi connectivity index (χ2n) is 4.03. The van der Waals surface area contributed by atoms with E-state index in [1.807, 2.05) is 0 Å². The molecule has 0 spiro atoms. The molecule has 100 valence electrons. The Bertz CT molecular complexity index is 526. The molecule has 7 heteroatoms. The molecular formula is C11H15BrN2O3S. The van der Waals surface area contributed by atoms with Gasteiger partial charge in [0.25, 0.3) is 0 Å². The van der Waals surface area contributed by atoms with Gasteiger partial charge in [-0.05, 0) is 31.2 Å². The summed E-state index contributed by atoms with van der Waals surface area (Å²) in [5.74, 6) is -0.296. The highest BCUT2D eigenvalue weighted by Gasteiger charge is 2.22. The van der Waals surface area contributed by atoms with Gasteiger partial charge in [-0.15, -0.1) is 0 Å². The lowest BCUT2D eigenvalue weighted by atomic mass is 10.3. The number of nitrogens with zero attached hydrogens (tertiary/aromatic N) is 1. The minimum atomic E-state index is -3.67. The topological polar surface area (TPSA) is 66.5 Å². The normalized spacial score (nSPS) is 13.1. The zero-order valence-corrected chi connectivity index (χ0v) is 12.7. The van der Waals surface area contributed by atoms with Crippen molar-refractivity contribution in [2.75, 3.05) is 14.1 Å². The van der Waals surface area contributed by atoms with Gasteiger partial charge in [0, 0.05) is 18.6 Å². The summed E-state index contributed by atoms with van der Waals surface area (Å²) >= 11 is 3.23. The number of carbonyl (C=O) groups is 1. The Hall–Kier alpha value is -0.920. The first-order valence-corrected chi connectivity index (χ1v) is 7.50. The quantitative estimate of drug-likeness (QED) is 0.899. The average molecular weight is 335 g/mol. The molecule has 5 nitrogen and oxygen atoms in total. The molecule has 0 saturated carbocycles. The summed E-state index contributed by atoms with van der Waals surface area (Å²) in [5, 5.41) is 0. The molecule has 1 aromatic rings. The lowest BCUT2D eigenvalue weighted by Gasteiger charge is -2.18. The first-order valence-electron chi connectivity index (χ1n) is 5.23. The summed E-state index contributed by atoms with van der Waals surface area (Å²) < 4.78 is 27.1. The zero-order valence-electron chi connectivity index (χ0n) is 10.3. The standard InChI is InChI=1S/C11H15BrN2O3S/c1-8(11(15)14(2)3)13-18(16,17)10-6-4-9(12)5-7-10/h4-8,13H,1-3H3. The number of sulfonamides is 1. The Morgan fingerprint density at radius 1 is 1.28 bits per heavy atom. The van der Waals surface area contributed by atoms with Gasteiger partial charge in [-0.25, -0.2) is 8.42 Å². The number of hydrogen-bond acceptors (Lipinski definition) is 3. The third-order valence-corrected chi connectivity index (χ3v) is 4.35. The molecule has 18 heavy (non-hydrogen) atoms. The molecule has 0 radical (unpaired) electrons. The van der Waals surface area contributed by atoms with Crippen molar-refractivity contribution >= 4 is 31.9 Å². The summed E-state index contributed by atoms with van der Waals surface area (Å²) in [6, 6.07) is 5.41. The van der Waals surface area contributed by atoms with Gasteiger partial charge in [-0.2, -0.15) is 4.72 Å². The predicted octanol–water partition coefficient (Wildman–Crippen LogP) is 1.20. The molecule has 1 amide bonds. The summed E-state index contributed by atoms with van der Waals surface area (Å²) in [6.45, 7) is 1.51. The molecule has 0 heterocycles. The van der Waals surface area contributed by atoms with Crippen molar-refractivity contribution in [2.24, 2.45) is 0 Å². The highest BCUT2D eigenvalue weighted by molar-refractivity contribution is 9.10. The Morgan fingerprint density at radius 2 is 1.78 bits per heavy atom. The van der Waals surface area contributed by atoms with E-state index in [0.717, 1.165) is 4.47 Å². The van der Waals surface area contributed by atoms with Crippen LogP contribution < -0.4 is 4.72 Å². The number of halogens is 1. The smallest absolute Gasteiger partial charge is 0.241 e. The van der Waals surface area contributed by atoms with Gasteiger partial charge in [0.15, 0.2) is 0 Å². The summed E-state index contributed by atoms with van der Waals surface area (Å²) in [7, 11) is -0.521. The van der Waals surface area contributed by atoms with E-state index in [4.69, 9.17) is 0 Å². The van der Waals surface area contributed by atoms with E-state index in [2.05, 4.69) is 20.7 Å². The highest BCUT2D eigenvalue weighted by atomic mass is 79.9. The van der Waals surface area contributed by atoms with Gasteiger partial charge in [0.1, 0.15) is 0 Å². The maximum absolute atomic E-state index is 12.0. The monoisotopic (exact) mass is 334 g/mol. The van der Waals surface area contributed by atoms with Crippen LogP contribution in [0.1, 0.15) is 6.92 Å². The van der Waals surface area contributed by atoms with Crippen molar-refractivity contribution in [1.82, 2.24) is 9.62 Å². The Labute approximate surface area is 115 Å². The number of amides is 1. The van der Waals surface area contributed by atoms with Crippen LogP contribution in [0.5, 0.6) is 0 Å². The van der Waals surface area contributed by atoms with E-state index in [1.165, 1.54) is 24.0 Å². The SMILES string of the molecule is CC(NS(=O)(=O)c1ccc(Br)cc1)C(=O)N(C)C. The molecule has 1 atom stereocenters. The highest BCUT2D eigenvalue weighted by Crippen LogP contribution is 2.14. The van der Waals surface area contributed by atoms with Crippen LogP contribution in [0.4, 0.5) is 0 Å². The fourth-order valence-electron chi connectivity index (χ4n) is 1.35. The fraction of sp³-hybridized carbons (Fsp3) is 0.364. The zero-order chi connectivity index (χ0) is 13.9. The van der Waals surface area contributed by atoms with Gasteiger partial charge in [0.05, 0.1) is 10.9 Å². The molecule has 1 rings (SSSR count). The van der Waals surface area contributed by atoms with E-state index in [1.54, 1.807) is 26.2 Å². The largest absolute Gasteiger partial charge is 0.347 e. The van der Waals surface area contributed by atoms with Crippen molar-refractivity contribution in [1.29, 1.82) is 0 Å². The molecule has 0 aliphatic rings. The number of carbonyl (C=O) groups excluding carboxylic acids is 1. The number of hydrogen-bond donors (Lipinski definition) is 1. The number of nitrogens with one attached hydrogen (secondary N) is 1. The Morgan fingerprint density at radius 3 is 2.22 bits per heavy atom. The molecular weight excluding hydrogens is 320 g/mol. The fourth-order valence-corrected chi connectivity index (χ4v) is 2.81. The minimum absolute atomic E-state index is 0.129. The molecule has 0 bridgehead atoms. The van der Waals surface area contributed by atoms with Crippen molar-refractivity contribution < 1.29 is 13.2 Å². The first-order chi connectivity index (χ1) is 8.24. The second kappa shape index (κ2) is 5.81. The van der Waals surface area contributed by atoms with Crippen LogP contribution in [0.15, 0.2) is 33.6 Å². The summed E-state index contributed by atoms with van der Waals surface area (Å²) in [4.78, 5) is 13.1. The van der Waals surface area contributed by atoms with Crippen LogP contribution in [0.2, 0.25) is 0 Å². The molecule has 0 aliphatic heterocycles. The Kier molecular flexibility index (Phi) is 4.89. The molecule has 1 N–H and O–H groups in total. The van der Waals surface area contributed by atoms with Crippen LogP contribution in [0, 0.1) is 0 Å². The van der Waals surface area contributed by atoms with Crippen LogP contribution in [-0.2, 0) is 14.8 Å². The molecule has 1 unspecified atom stereocenters.